The summed E-state index contributed by atoms with van der Waals surface area (Å²) in [5.41, 5.74) is 12.4. The minimum absolute atomic E-state index is 0.0335. The molecule has 0 aliphatic heterocycles. The van der Waals surface area contributed by atoms with Gasteiger partial charge in [-0.25, -0.2) is 0 Å². The van der Waals surface area contributed by atoms with Gasteiger partial charge in [0.25, 0.3) is 0 Å². The van der Waals surface area contributed by atoms with E-state index in [9.17, 15) is 0 Å². The van der Waals surface area contributed by atoms with E-state index in [1.165, 1.54) is 300 Å². The first kappa shape index (κ1) is 95.2. The highest BCUT2D eigenvalue weighted by Gasteiger charge is 2.58. The number of hydrogen-bond donors (Lipinski definition) is 0. The summed E-state index contributed by atoms with van der Waals surface area (Å²) in [5.74, 6) is 16.2. The van der Waals surface area contributed by atoms with Crippen LogP contribution in [0, 0.1) is 100 Å². The van der Waals surface area contributed by atoms with Gasteiger partial charge < -0.3 is 4.74 Å². The molecule has 36 rings (SSSR count). The fourth-order valence-corrected chi connectivity index (χ4v) is 44.7. The van der Waals surface area contributed by atoms with Crippen LogP contribution >= 0.6 is 0 Å². The van der Waals surface area contributed by atoms with Crippen molar-refractivity contribution in [2.45, 2.75) is 328 Å². The van der Waals surface area contributed by atoms with Crippen LogP contribution < -0.4 is 0 Å². The molecule has 23 saturated carbocycles. The molecule has 0 N–H and O–H groups in total. The first-order chi connectivity index (χ1) is 70.8. The first-order valence-electron chi connectivity index (χ1n) is 57.0. The lowest BCUT2D eigenvalue weighted by Crippen LogP contribution is -2.48. The second kappa shape index (κ2) is 40.8. The van der Waals surface area contributed by atoms with E-state index in [4.69, 9.17) is 4.74 Å². The van der Waals surface area contributed by atoms with Gasteiger partial charge in [-0.05, 0) is 562 Å². The van der Waals surface area contributed by atoms with Crippen molar-refractivity contribution in [3.63, 3.8) is 0 Å². The average Bonchev–Trinajstić information content (AvgIpc) is 0.740. The molecule has 6 heteroatoms. The molecule has 144 heavy (non-hydrogen) atoms. The van der Waals surface area contributed by atoms with Crippen molar-refractivity contribution in [2.75, 3.05) is 6.61 Å². The first-order valence-corrected chi connectivity index (χ1v) is 62.4. The third-order valence-electron chi connectivity index (χ3n) is 40.4. The molecule has 0 heterocycles. The van der Waals surface area contributed by atoms with E-state index in [1.54, 1.807) is 27.8 Å². The van der Waals surface area contributed by atoms with E-state index in [0.29, 0.717) is 32.5 Å². The summed E-state index contributed by atoms with van der Waals surface area (Å²) < 4.78 is 6.38. The molecule has 23 aliphatic rings. The van der Waals surface area contributed by atoms with Crippen molar-refractivity contribution in [1.29, 1.82) is 0 Å². The highest BCUT2D eigenvalue weighted by atomic mass is 32.2. The van der Waals surface area contributed by atoms with Crippen LogP contribution in [-0.4, -0.2) is 6.61 Å². The minimum Gasteiger partial charge on any atom is -0.376 e. The molecule has 0 saturated heterocycles. The van der Waals surface area contributed by atoms with Crippen LogP contribution in [0.15, 0.2) is 422 Å². The third-order valence-corrected chi connectivity index (χ3v) is 49.7. The maximum absolute atomic E-state index is 6.38. The summed E-state index contributed by atoms with van der Waals surface area (Å²) in [6.45, 7) is 1.71. The van der Waals surface area contributed by atoms with Crippen molar-refractivity contribution in [3.05, 3.63) is 391 Å². The highest BCUT2D eigenvalue weighted by molar-refractivity contribution is 7.98. The van der Waals surface area contributed by atoms with Gasteiger partial charge in [0.1, 0.15) is 4.90 Å². The van der Waals surface area contributed by atoms with Crippen molar-refractivity contribution < 1.29 is 4.74 Å². The van der Waals surface area contributed by atoms with E-state index in [2.05, 4.69) is 371 Å². The molecule has 1 nitrogen and oxygen atoms in total. The van der Waals surface area contributed by atoms with Crippen molar-refractivity contribution in [3.8, 4) is 0 Å². The Morgan fingerprint density at radius 2 is 0.361 bits per heavy atom. The number of hydrogen-bond acceptors (Lipinski definition) is 1. The molecule has 22 bridgehead atoms. The largest absolute Gasteiger partial charge is 0.376 e. The Balaban J connectivity index is 0.0000000936. The van der Waals surface area contributed by atoms with E-state index in [-0.39, 0.29) is 43.6 Å². The molecule has 0 unspecified atom stereocenters. The predicted octanol–water partition coefficient (Wildman–Crippen LogP) is 35.0. The van der Waals surface area contributed by atoms with Gasteiger partial charge in [0.05, 0.1) is 56.8 Å². The molecule has 0 aromatic heterocycles. The van der Waals surface area contributed by atoms with Gasteiger partial charge in [-0.1, -0.05) is 200 Å². The third kappa shape index (κ3) is 19.7. The van der Waals surface area contributed by atoms with E-state index < -0.39 is 0 Å². The summed E-state index contributed by atoms with van der Waals surface area (Å²) in [6.07, 6.45) is 53.1. The number of ether oxygens (including phenoxy) is 1. The molecule has 23 fully saturated rings. The summed E-state index contributed by atoms with van der Waals surface area (Å²) in [6, 6.07) is 135. The van der Waals surface area contributed by atoms with Crippen molar-refractivity contribution >= 4 is 56.2 Å². The summed E-state index contributed by atoms with van der Waals surface area (Å²) in [5, 5.41) is 0. The smallest absolute Gasteiger partial charge is 0.166 e. The van der Waals surface area contributed by atoms with Crippen molar-refractivity contribution in [1.82, 2.24) is 0 Å². The average molecular weight is 1990 g/mol. The van der Waals surface area contributed by atoms with Crippen LogP contribution in [0.5, 0.6) is 0 Å². The lowest BCUT2D eigenvalue weighted by atomic mass is 9.48. The lowest BCUT2D eigenvalue weighted by Gasteiger charge is -2.57. The van der Waals surface area contributed by atoms with Crippen LogP contribution in [0.4, 0.5) is 0 Å². The summed E-state index contributed by atoms with van der Waals surface area (Å²) in [4.78, 5) is 18.2. The molecule has 13 aromatic rings. The molecule has 0 radical (unpaired) electrons. The molecular weight excluding hydrogens is 1830 g/mol. The molecule has 0 amide bonds. The zero-order chi connectivity index (χ0) is 95.8. The topological polar surface area (TPSA) is 9.23 Å². The maximum Gasteiger partial charge on any atom is 0.166 e. The van der Waals surface area contributed by atoms with E-state index in [0.717, 1.165) is 108 Å². The Bertz CT molecular complexity index is 6060. The Morgan fingerprint density at radius 1 is 0.188 bits per heavy atom. The summed E-state index contributed by atoms with van der Waals surface area (Å²) in [7, 11) is -0.200. The zero-order valence-corrected chi connectivity index (χ0v) is 89.5. The van der Waals surface area contributed by atoms with Crippen LogP contribution in [0.1, 0.15) is 265 Å². The fraction of sp³-hybridized carbons (Fsp3) is 0.435. The van der Waals surface area contributed by atoms with Gasteiger partial charge >= 0.3 is 0 Å². The maximum atomic E-state index is 6.38. The monoisotopic (exact) mass is 1990 g/mol. The fourth-order valence-electron chi connectivity index (χ4n) is 36.2. The molecule has 13 aromatic carbocycles. The van der Waals surface area contributed by atoms with Gasteiger partial charge in [-0.3, -0.25) is 0 Å². The zero-order valence-electron chi connectivity index (χ0n) is 85.2. The van der Waals surface area contributed by atoms with E-state index in [1.807, 2.05) is 0 Å². The van der Waals surface area contributed by atoms with Crippen LogP contribution in [0.3, 0.4) is 0 Å². The molecule has 23 aliphatic carbocycles. The van der Waals surface area contributed by atoms with Gasteiger partial charge in [0.15, 0.2) is 58.7 Å². The second-order valence-electron chi connectivity index (χ2n) is 50.2. The quantitative estimate of drug-likeness (QED) is 0.0652. The Hall–Kier alpha value is -8.43. The Labute approximate surface area is 880 Å². The van der Waals surface area contributed by atoms with E-state index >= 15 is 0 Å². The van der Waals surface area contributed by atoms with Crippen LogP contribution in [0.2, 0.25) is 0 Å². The highest BCUT2D eigenvalue weighted by Crippen LogP contribution is 2.67. The normalized spacial score (nSPS) is 32.9. The molecule has 0 atom stereocenters. The van der Waals surface area contributed by atoms with Crippen LogP contribution in [0.25, 0.3) is 0 Å². The van der Waals surface area contributed by atoms with Crippen LogP contribution in [-0.2, 0) is 94.6 Å². The minimum atomic E-state index is -0.0771. The van der Waals surface area contributed by atoms with Gasteiger partial charge in [0.2, 0.25) is 0 Å². The summed E-state index contributed by atoms with van der Waals surface area (Å²) >= 11 is 3.61. The predicted molar refractivity (Wildman–Crippen MR) is 603 cm³/mol. The van der Waals surface area contributed by atoms with Gasteiger partial charge in [0, 0.05) is 0 Å². The Morgan fingerprint density at radius 3 is 0.569 bits per heavy atom. The Kier molecular flexibility index (Phi) is 27.0. The van der Waals surface area contributed by atoms with Gasteiger partial charge in [-0.2, -0.15) is 0 Å². The number of benzene rings is 13. The number of rotatable bonds is 21. The SMILES string of the molecule is [SH2+]c1ccc(C23CC4CC(CC(C4)C2)C3)cc1.c1ccc([S+](c2ccc(C34CC5CC(CC(C5)C3)C4)cc2)c2ccc(C34CC5CC(CC(C5)C3)C4)cc2)cc1.c1ccc([S+](c2ccccc2)c2ccc(C34CC5CC(CC(C5)C3)C4)cc2)cc1.c1ccc([S+](c2ccccc2)c2ccc(C34CCC(CC3)CC4)cc2)cc1.c1ccc([S+](c2ccccc2)c2ccc(COCC34CC5CC(CC(C5)C3)C4)cc2)cc1. The number of fused-ring (bicyclic) bond motifs is 3. The van der Waals surface area contributed by atoms with Gasteiger partial charge in [-0.15, -0.1) is 0 Å². The second-order valence-corrected chi connectivity index (χ2v) is 58.9. The lowest BCUT2D eigenvalue weighted by molar-refractivity contribution is -0.0994. The molecule has 0 spiro atoms. The molecular formula is C138H153OS5+5. The molecule has 736 valence electrons. The standard InChI is InChI=1S/C38H43S.C30H33OS.C28H29S.C26H27S.C16H20S/c1-2-4-34(5-3-1)39(35-10-6-32(7-11-35)37-20-26-14-27(21-37)16-28(15-26)22-37)36-12-8-33(9-13-36)38-23-29-17-30(24-38)19-31(18-29)25-38;1-3-7-27(8-4-1)32(28-9-5-2-6-10-28)29-13-11-23(12-14-29)21-31-22-30-18-24-15-25(19-30)17-26(16-24)20-30;1-3-7-25(8-4-1)29(26-9-5-2-6-10-26)27-13-11-24(12-14-27)28-18-21-15-22(19-28)17-23(16-21)20-28;1-3-7-23(8-4-1)27(24-9-5-2-6-10-24)25-13-11-22(12-14-25)26-18-15-21(16-19-26)17-20-26;17-15-3-1-14(2-4-15)16-8-11-5-12(9-16)7-13(6-11)10-16/h1-13,26-31H,14-25H2;1-14,24-26H,15-22H2;1-14,21-23H,15-20H2;1-14,21H,15-20H2;1-4,11-13,17H,5-10H2/q4*+1;/p+1. The van der Waals surface area contributed by atoms with Crippen molar-refractivity contribution in [2.24, 2.45) is 100 Å².